The second kappa shape index (κ2) is 16.2. The summed E-state index contributed by atoms with van der Waals surface area (Å²) in [5, 5.41) is 4.80. The fraction of sp³-hybridized carbons (Fsp3) is 0.0877. The third-order valence-corrected chi connectivity index (χ3v) is 12.3. The Labute approximate surface area is 357 Å². The Morgan fingerprint density at radius 2 is 0.623 bits per heavy atom. The molecule has 0 saturated heterocycles. The Hall–Kier alpha value is -7.56. The predicted octanol–water partition coefficient (Wildman–Crippen LogP) is 14.7. The summed E-state index contributed by atoms with van der Waals surface area (Å²) in [6.07, 6.45) is 1.91. The quantitative estimate of drug-likeness (QED) is 0.139. The van der Waals surface area contributed by atoms with Crippen molar-refractivity contribution in [3.8, 4) is 67.8 Å². The summed E-state index contributed by atoms with van der Waals surface area (Å²) in [6.45, 7) is 4.59. The second-order valence-electron chi connectivity index (χ2n) is 15.7. The molecular weight excluding hydrogens is 741 g/mol. The van der Waals surface area contributed by atoms with Gasteiger partial charge in [-0.15, -0.1) is 0 Å². The first kappa shape index (κ1) is 37.7. The van der Waals surface area contributed by atoms with E-state index < -0.39 is 0 Å². The van der Waals surface area contributed by atoms with Crippen molar-refractivity contribution in [3.05, 3.63) is 217 Å². The molecule has 8 aromatic carbocycles. The maximum atomic E-state index is 5.13. The number of hydrogen-bond acceptors (Lipinski definition) is 4. The van der Waals surface area contributed by atoms with Gasteiger partial charge in [0.25, 0.3) is 0 Å². The summed E-state index contributed by atoms with van der Waals surface area (Å²) in [5.41, 5.74) is 12.2. The first-order chi connectivity index (χ1) is 30.1. The first-order valence-corrected chi connectivity index (χ1v) is 21.2. The van der Waals surface area contributed by atoms with Gasteiger partial charge in [-0.3, -0.25) is 0 Å². The largest absolute Gasteiger partial charge is 0.228 e. The number of rotatable bonds is 10. The number of nitrogens with zero attached hydrogens (tertiary/aromatic N) is 4. The van der Waals surface area contributed by atoms with Gasteiger partial charge in [0, 0.05) is 38.8 Å². The van der Waals surface area contributed by atoms with Gasteiger partial charge in [-0.25, -0.2) is 19.9 Å². The Morgan fingerprint density at radius 1 is 0.295 bits per heavy atom. The van der Waals surface area contributed by atoms with Crippen molar-refractivity contribution >= 4 is 21.5 Å². The van der Waals surface area contributed by atoms with Crippen molar-refractivity contribution in [3.63, 3.8) is 0 Å². The highest BCUT2D eigenvalue weighted by Gasteiger charge is 2.31. The molecule has 0 unspecified atom stereocenters. The summed E-state index contributed by atoms with van der Waals surface area (Å²) in [4.78, 5) is 20.4. The van der Waals surface area contributed by atoms with Gasteiger partial charge in [0.15, 0.2) is 11.6 Å². The minimum atomic E-state index is -0.175. The average molecular weight is 785 g/mol. The topological polar surface area (TPSA) is 51.6 Å². The van der Waals surface area contributed by atoms with Crippen LogP contribution in [0, 0.1) is 0 Å². The van der Waals surface area contributed by atoms with Gasteiger partial charge >= 0.3 is 0 Å². The van der Waals surface area contributed by atoms with Gasteiger partial charge in [0.2, 0.25) is 0 Å². The molecule has 0 bridgehead atoms. The van der Waals surface area contributed by atoms with E-state index in [0.717, 1.165) is 69.0 Å². The molecule has 10 aromatic rings. The zero-order valence-corrected chi connectivity index (χ0v) is 34.3. The number of benzene rings is 8. The summed E-state index contributed by atoms with van der Waals surface area (Å²) in [5.74, 6) is 1.43. The maximum Gasteiger partial charge on any atom is 0.160 e. The average Bonchev–Trinajstić information content (AvgIpc) is 3.35. The monoisotopic (exact) mass is 784 g/mol. The molecule has 10 rings (SSSR count). The third kappa shape index (κ3) is 7.38. The molecule has 61 heavy (non-hydrogen) atoms. The van der Waals surface area contributed by atoms with Gasteiger partial charge < -0.3 is 0 Å². The van der Waals surface area contributed by atoms with Gasteiger partial charge in [-0.2, -0.15) is 0 Å². The molecule has 2 aromatic heterocycles. The lowest BCUT2D eigenvalue weighted by molar-refractivity contribution is 0.478. The van der Waals surface area contributed by atoms with Crippen LogP contribution in [0.15, 0.2) is 206 Å². The van der Waals surface area contributed by atoms with Crippen LogP contribution < -0.4 is 0 Å². The smallest absolute Gasteiger partial charge is 0.160 e. The molecule has 0 spiro atoms. The van der Waals surface area contributed by atoms with Crippen molar-refractivity contribution in [2.75, 3.05) is 0 Å². The van der Waals surface area contributed by atoms with Crippen LogP contribution in [0.1, 0.15) is 37.8 Å². The van der Waals surface area contributed by atoms with E-state index in [2.05, 4.69) is 184 Å². The second-order valence-corrected chi connectivity index (χ2v) is 15.7. The molecule has 0 aliphatic carbocycles. The SMILES string of the molecule is CCC(CC)(c1ccc(-c2cc(-c3ccc4ccccc4c3)nc(-c3ccccc3)n2)cc1)c1ccc(-c2cc(-c3ccc4ccccc4c3)nc(-c3ccccc3)n2)cc1. The first-order valence-electron chi connectivity index (χ1n) is 21.2. The molecule has 4 heteroatoms. The fourth-order valence-corrected chi connectivity index (χ4v) is 8.77. The summed E-state index contributed by atoms with van der Waals surface area (Å²) in [7, 11) is 0. The normalized spacial score (nSPS) is 11.6. The van der Waals surface area contributed by atoms with E-state index in [4.69, 9.17) is 19.9 Å². The number of hydrogen-bond donors (Lipinski definition) is 0. The molecule has 292 valence electrons. The minimum absolute atomic E-state index is 0.175. The third-order valence-electron chi connectivity index (χ3n) is 12.3. The highest BCUT2D eigenvalue weighted by molar-refractivity contribution is 5.88. The number of fused-ring (bicyclic) bond motifs is 2. The standard InChI is InChI=1S/C57H44N4/c1-3-57(4-2,49-31-27-41(28-32-49)51-37-53(60-55(58-51)43-17-7-5-8-18-43)47-25-23-39-15-11-13-21-45(39)35-47)50-33-29-42(30-34-50)52-38-54(61-56(59-52)44-19-9-6-10-20-44)48-26-24-40-16-12-14-22-46(40)36-48/h5-38H,3-4H2,1-2H3. The van der Waals surface area contributed by atoms with Crippen molar-refractivity contribution in [1.29, 1.82) is 0 Å². The predicted molar refractivity (Wildman–Crippen MR) is 253 cm³/mol. The Bertz CT molecular complexity index is 2920. The van der Waals surface area contributed by atoms with Crippen LogP contribution in [0.4, 0.5) is 0 Å². The fourth-order valence-electron chi connectivity index (χ4n) is 8.77. The summed E-state index contributed by atoms with van der Waals surface area (Å²) < 4.78 is 0. The Morgan fingerprint density at radius 3 is 1.00 bits per heavy atom. The molecule has 0 radical (unpaired) electrons. The van der Waals surface area contributed by atoms with Crippen LogP contribution in [-0.2, 0) is 5.41 Å². The molecule has 0 amide bonds. The van der Waals surface area contributed by atoms with Crippen LogP contribution in [0.3, 0.4) is 0 Å². The highest BCUT2D eigenvalue weighted by Crippen LogP contribution is 2.41. The molecule has 4 nitrogen and oxygen atoms in total. The lowest BCUT2D eigenvalue weighted by Crippen LogP contribution is -2.26. The van der Waals surface area contributed by atoms with E-state index in [-0.39, 0.29) is 5.41 Å². The van der Waals surface area contributed by atoms with Crippen LogP contribution in [-0.4, -0.2) is 19.9 Å². The van der Waals surface area contributed by atoms with E-state index in [1.807, 2.05) is 36.4 Å². The van der Waals surface area contributed by atoms with Crippen LogP contribution >= 0.6 is 0 Å². The van der Waals surface area contributed by atoms with E-state index in [0.29, 0.717) is 11.6 Å². The number of aromatic nitrogens is 4. The van der Waals surface area contributed by atoms with Crippen molar-refractivity contribution in [2.45, 2.75) is 32.1 Å². The van der Waals surface area contributed by atoms with Gasteiger partial charge in [-0.05, 0) is 69.8 Å². The summed E-state index contributed by atoms with van der Waals surface area (Å²) in [6, 6.07) is 72.8. The van der Waals surface area contributed by atoms with Crippen molar-refractivity contribution < 1.29 is 0 Å². The minimum Gasteiger partial charge on any atom is -0.228 e. The zero-order chi connectivity index (χ0) is 41.2. The molecule has 0 atom stereocenters. The van der Waals surface area contributed by atoms with E-state index in [1.54, 1.807) is 0 Å². The van der Waals surface area contributed by atoms with Crippen LogP contribution in [0.25, 0.3) is 89.4 Å². The van der Waals surface area contributed by atoms with E-state index >= 15 is 0 Å². The van der Waals surface area contributed by atoms with Crippen LogP contribution in [0.5, 0.6) is 0 Å². The molecular formula is C57H44N4. The van der Waals surface area contributed by atoms with Crippen molar-refractivity contribution in [1.82, 2.24) is 19.9 Å². The Kier molecular flexibility index (Phi) is 10.0. The molecule has 0 aliphatic heterocycles. The van der Waals surface area contributed by atoms with E-state index in [9.17, 15) is 0 Å². The molecule has 0 N–H and O–H groups in total. The maximum absolute atomic E-state index is 5.13. The van der Waals surface area contributed by atoms with Gasteiger partial charge in [0.1, 0.15) is 0 Å². The van der Waals surface area contributed by atoms with Gasteiger partial charge in [0.05, 0.1) is 22.8 Å². The van der Waals surface area contributed by atoms with E-state index in [1.165, 1.54) is 32.7 Å². The summed E-state index contributed by atoms with van der Waals surface area (Å²) >= 11 is 0. The van der Waals surface area contributed by atoms with Gasteiger partial charge in [-0.1, -0.05) is 196 Å². The molecule has 0 fully saturated rings. The lowest BCUT2D eigenvalue weighted by Gasteiger charge is -2.33. The van der Waals surface area contributed by atoms with Crippen molar-refractivity contribution in [2.24, 2.45) is 0 Å². The molecule has 2 heterocycles. The zero-order valence-electron chi connectivity index (χ0n) is 34.3. The Balaban J connectivity index is 0.997. The lowest BCUT2D eigenvalue weighted by atomic mass is 9.70. The molecule has 0 aliphatic rings. The highest BCUT2D eigenvalue weighted by atomic mass is 14.9. The molecule has 0 saturated carbocycles. The van der Waals surface area contributed by atoms with Crippen LogP contribution in [0.2, 0.25) is 0 Å².